The Hall–Kier alpha value is -2.09. The predicted molar refractivity (Wildman–Crippen MR) is 116 cm³/mol. The number of benzene rings is 1. The van der Waals surface area contributed by atoms with Crippen molar-refractivity contribution in [3.8, 4) is 5.75 Å². The van der Waals surface area contributed by atoms with Crippen LogP contribution in [0.5, 0.6) is 5.75 Å². The number of phenols is 1. The molecule has 1 aromatic carbocycles. The minimum Gasteiger partial charge on any atom is -0.508 e. The average Bonchev–Trinajstić information content (AvgIpc) is 3.47. The molecule has 1 saturated carbocycles. The number of aromatic hydroxyl groups is 1. The van der Waals surface area contributed by atoms with E-state index < -0.39 is 16.9 Å². The first-order valence-electron chi connectivity index (χ1n) is 10.4. The van der Waals surface area contributed by atoms with Gasteiger partial charge >= 0.3 is 5.97 Å². The molecule has 2 aromatic rings. The van der Waals surface area contributed by atoms with E-state index in [0.29, 0.717) is 29.2 Å². The normalized spacial score (nSPS) is 23.9. The predicted octanol–water partition coefficient (Wildman–Crippen LogP) is 3.79. The number of phenolic OH excluding ortho intramolecular Hbond substituents is 1. The van der Waals surface area contributed by atoms with Gasteiger partial charge in [0.25, 0.3) is 0 Å². The zero-order valence-corrected chi connectivity index (χ0v) is 18.3. The zero-order chi connectivity index (χ0) is 22.0. The van der Waals surface area contributed by atoms with E-state index in [1.807, 2.05) is 11.5 Å². The number of nitrogens with zero attached hydrogens (tertiary/aromatic N) is 2. The molecule has 7 nitrogen and oxygen atoms in total. The van der Waals surface area contributed by atoms with Crippen LogP contribution in [0.25, 0.3) is 10.9 Å². The Bertz CT molecular complexity index is 1110. The van der Waals surface area contributed by atoms with Crippen LogP contribution in [0.1, 0.15) is 74.8 Å². The molecule has 1 unspecified atom stereocenters. The molecule has 2 aliphatic rings. The van der Waals surface area contributed by atoms with Crippen molar-refractivity contribution in [1.82, 2.24) is 9.47 Å². The maximum Gasteiger partial charge on any atom is 0.341 e. The third-order valence-corrected chi connectivity index (χ3v) is 7.40. The smallest absolute Gasteiger partial charge is 0.341 e. The summed E-state index contributed by atoms with van der Waals surface area (Å²) in [5, 5.41) is 21.0. The maximum absolute atomic E-state index is 12.9. The van der Waals surface area contributed by atoms with Crippen molar-refractivity contribution < 1.29 is 15.0 Å². The van der Waals surface area contributed by atoms with Gasteiger partial charge in [-0.05, 0) is 52.0 Å². The number of carboxylic acids is 1. The van der Waals surface area contributed by atoms with Crippen LogP contribution in [-0.4, -0.2) is 37.9 Å². The second-order valence-electron chi connectivity index (χ2n) is 9.10. The van der Waals surface area contributed by atoms with Gasteiger partial charge in [-0.15, -0.1) is 0 Å². The van der Waals surface area contributed by atoms with Crippen molar-refractivity contribution in [1.29, 1.82) is 0 Å². The van der Waals surface area contributed by atoms with Crippen LogP contribution in [0.3, 0.4) is 0 Å². The van der Waals surface area contributed by atoms with Crippen molar-refractivity contribution in [3.05, 3.63) is 38.6 Å². The largest absolute Gasteiger partial charge is 0.508 e. The summed E-state index contributed by atoms with van der Waals surface area (Å²) in [6.07, 6.45) is 5.53. The Balaban J connectivity index is 2.08. The number of aromatic carboxylic acids is 1. The molecular formula is C22H28ClN3O4. The van der Waals surface area contributed by atoms with Gasteiger partial charge < -0.3 is 20.5 Å². The Morgan fingerprint density at radius 3 is 2.53 bits per heavy atom. The van der Waals surface area contributed by atoms with Gasteiger partial charge in [0.1, 0.15) is 11.3 Å². The second kappa shape index (κ2) is 6.97. The first-order chi connectivity index (χ1) is 14.1. The van der Waals surface area contributed by atoms with E-state index in [1.165, 1.54) is 12.3 Å². The summed E-state index contributed by atoms with van der Waals surface area (Å²) in [5.41, 5.74) is 5.55. The van der Waals surface area contributed by atoms with Crippen LogP contribution in [-0.2, 0) is 5.54 Å². The molecular weight excluding hydrogens is 406 g/mol. The standard InChI is InChI=1S/C22H28ClN3O4/c1-4-22(8-7-21(2,3)26(22)11-24)16-15(27)9-13-18(17(16)23)25(12-5-6-12)10-14(19(13)28)20(29)30/h9-10,12,27H,4-8,11,24H2,1-3H3,(H,29,30). The SMILES string of the molecule is CCC1(c2c(O)cc3c(=O)c(C(=O)O)cn(C4CC4)c3c2Cl)CCC(C)(C)N1CN. The number of rotatable bonds is 5. The summed E-state index contributed by atoms with van der Waals surface area (Å²) in [7, 11) is 0. The summed E-state index contributed by atoms with van der Waals surface area (Å²) >= 11 is 6.96. The Kier molecular flexibility index (Phi) is 4.91. The summed E-state index contributed by atoms with van der Waals surface area (Å²) in [4.78, 5) is 26.7. The van der Waals surface area contributed by atoms with Gasteiger partial charge in [-0.1, -0.05) is 18.5 Å². The van der Waals surface area contributed by atoms with Crippen molar-refractivity contribution in [2.45, 2.75) is 70.0 Å². The van der Waals surface area contributed by atoms with E-state index in [4.69, 9.17) is 17.3 Å². The topological polar surface area (TPSA) is 109 Å². The number of nitrogens with two attached hydrogens (primary N) is 1. The van der Waals surface area contributed by atoms with E-state index in [9.17, 15) is 19.8 Å². The lowest BCUT2D eigenvalue weighted by molar-refractivity contribution is 0.0511. The van der Waals surface area contributed by atoms with Crippen LogP contribution < -0.4 is 11.2 Å². The Labute approximate surface area is 180 Å². The van der Waals surface area contributed by atoms with Gasteiger partial charge in [-0.25, -0.2) is 4.79 Å². The molecule has 4 rings (SSSR count). The molecule has 1 aliphatic carbocycles. The second-order valence-corrected chi connectivity index (χ2v) is 9.48. The number of carbonyl (C=O) groups is 1. The van der Waals surface area contributed by atoms with Crippen LogP contribution >= 0.6 is 11.6 Å². The molecule has 0 bridgehead atoms. The van der Waals surface area contributed by atoms with Crippen molar-refractivity contribution >= 4 is 28.5 Å². The summed E-state index contributed by atoms with van der Waals surface area (Å²) in [6.45, 7) is 6.61. The first-order valence-corrected chi connectivity index (χ1v) is 10.8. The highest BCUT2D eigenvalue weighted by Crippen LogP contribution is 2.54. The zero-order valence-electron chi connectivity index (χ0n) is 17.5. The van der Waals surface area contributed by atoms with Gasteiger partial charge in [-0.2, -0.15) is 0 Å². The van der Waals surface area contributed by atoms with E-state index in [2.05, 4.69) is 18.7 Å². The molecule has 0 spiro atoms. The molecule has 1 saturated heterocycles. The number of carboxylic acid groups (broad SMARTS) is 1. The number of halogens is 1. The maximum atomic E-state index is 12.9. The molecule has 0 radical (unpaired) electrons. The highest BCUT2D eigenvalue weighted by atomic mass is 35.5. The molecule has 162 valence electrons. The number of aromatic nitrogens is 1. The van der Waals surface area contributed by atoms with Crippen LogP contribution in [0.2, 0.25) is 5.02 Å². The lowest BCUT2D eigenvalue weighted by Gasteiger charge is -2.44. The molecule has 4 N–H and O–H groups in total. The van der Waals surface area contributed by atoms with E-state index >= 15 is 0 Å². The number of fused-ring (bicyclic) bond motifs is 1. The Morgan fingerprint density at radius 2 is 2.00 bits per heavy atom. The van der Waals surface area contributed by atoms with E-state index in [-0.39, 0.29) is 28.3 Å². The van der Waals surface area contributed by atoms with Gasteiger partial charge in [0.05, 0.1) is 21.5 Å². The minimum atomic E-state index is -1.28. The fourth-order valence-corrected chi connectivity index (χ4v) is 5.76. The van der Waals surface area contributed by atoms with Crippen molar-refractivity contribution in [2.24, 2.45) is 5.73 Å². The third-order valence-electron chi connectivity index (χ3n) is 7.04. The highest BCUT2D eigenvalue weighted by molar-refractivity contribution is 6.36. The molecule has 1 aliphatic heterocycles. The van der Waals surface area contributed by atoms with Gasteiger partial charge in [-0.3, -0.25) is 9.69 Å². The molecule has 1 aromatic heterocycles. The average molecular weight is 434 g/mol. The van der Waals surface area contributed by atoms with Crippen LogP contribution in [0.4, 0.5) is 0 Å². The fraction of sp³-hybridized carbons (Fsp3) is 0.545. The van der Waals surface area contributed by atoms with Gasteiger partial charge in [0.2, 0.25) is 5.43 Å². The molecule has 2 heterocycles. The van der Waals surface area contributed by atoms with Crippen molar-refractivity contribution in [3.63, 3.8) is 0 Å². The monoisotopic (exact) mass is 433 g/mol. The summed E-state index contributed by atoms with van der Waals surface area (Å²) < 4.78 is 1.81. The third kappa shape index (κ3) is 2.87. The van der Waals surface area contributed by atoms with Crippen LogP contribution in [0, 0.1) is 0 Å². The lowest BCUT2D eigenvalue weighted by atomic mass is 9.83. The highest BCUT2D eigenvalue weighted by Gasteiger charge is 2.52. The number of likely N-dealkylation sites (tertiary alicyclic amines) is 1. The van der Waals surface area contributed by atoms with Gasteiger partial charge in [0, 0.05) is 30.0 Å². The molecule has 0 amide bonds. The molecule has 8 heteroatoms. The summed E-state index contributed by atoms with van der Waals surface area (Å²) in [5.74, 6) is -1.37. The molecule has 1 atom stereocenters. The molecule has 2 fully saturated rings. The number of hydrogen-bond donors (Lipinski definition) is 3. The Morgan fingerprint density at radius 1 is 1.33 bits per heavy atom. The van der Waals surface area contributed by atoms with E-state index in [1.54, 1.807) is 0 Å². The molecule has 30 heavy (non-hydrogen) atoms. The first kappa shape index (κ1) is 21.2. The fourth-order valence-electron chi connectivity index (χ4n) is 5.28. The lowest BCUT2D eigenvalue weighted by Crippen LogP contribution is -2.52. The van der Waals surface area contributed by atoms with Crippen LogP contribution in [0.15, 0.2) is 17.1 Å². The number of hydrogen-bond acceptors (Lipinski definition) is 5. The summed E-state index contributed by atoms with van der Waals surface area (Å²) in [6, 6.07) is 1.49. The van der Waals surface area contributed by atoms with E-state index in [0.717, 1.165) is 25.7 Å². The van der Waals surface area contributed by atoms with Crippen molar-refractivity contribution in [2.75, 3.05) is 6.67 Å². The minimum absolute atomic E-state index is 0.0903. The quantitative estimate of drug-likeness (QED) is 0.661. The van der Waals surface area contributed by atoms with Gasteiger partial charge in [0.15, 0.2) is 0 Å². The number of pyridine rings is 1.